The lowest BCUT2D eigenvalue weighted by atomic mass is 10.1. The molecule has 0 aliphatic heterocycles. The number of hydrogen-bond donors (Lipinski definition) is 4. The van der Waals surface area contributed by atoms with E-state index in [2.05, 4.69) is 130 Å². The molecule has 0 aromatic rings. The topological polar surface area (TPSA) is 231 Å². The third kappa shape index (κ3) is 63.3. The number of rotatable bonds is 61. The first kappa shape index (κ1) is 83.0. The molecular formula is C69H116O16P2. The highest BCUT2D eigenvalue weighted by atomic mass is 31.2. The lowest BCUT2D eigenvalue weighted by Gasteiger charge is -2.21. The number of hydrogen-bond acceptors (Lipinski definition) is 14. The fraction of sp³-hybridized carbons (Fsp3) is 0.667. The number of phosphoric acid groups is 2. The summed E-state index contributed by atoms with van der Waals surface area (Å²) in [6.07, 6.45) is 69.9. The van der Waals surface area contributed by atoms with Crippen molar-refractivity contribution in [2.45, 2.75) is 257 Å². The van der Waals surface area contributed by atoms with Gasteiger partial charge in [0.2, 0.25) is 0 Å². The van der Waals surface area contributed by atoms with Crippen molar-refractivity contribution in [2.24, 2.45) is 0 Å². The van der Waals surface area contributed by atoms with Crippen molar-refractivity contribution in [3.63, 3.8) is 0 Å². The first-order valence-electron chi connectivity index (χ1n) is 32.8. The molecule has 0 saturated heterocycles. The number of allylic oxidation sites excluding steroid dienone is 20. The second kappa shape index (κ2) is 62.2. The van der Waals surface area contributed by atoms with Gasteiger partial charge in [-0.2, -0.15) is 0 Å². The van der Waals surface area contributed by atoms with Gasteiger partial charge in [-0.1, -0.05) is 219 Å². The summed E-state index contributed by atoms with van der Waals surface area (Å²) in [7, 11) is -9.79. The van der Waals surface area contributed by atoms with Crippen molar-refractivity contribution < 1.29 is 75.8 Å². The first-order valence-corrected chi connectivity index (χ1v) is 35.8. The smallest absolute Gasteiger partial charge is 0.463 e. The van der Waals surface area contributed by atoms with E-state index < -0.39 is 91.5 Å². The average Bonchev–Trinajstić information content (AvgIpc) is 3.54. The summed E-state index contributed by atoms with van der Waals surface area (Å²) in [5, 5.41) is 20.5. The number of aliphatic hydroxyl groups excluding tert-OH is 2. The molecule has 0 radical (unpaired) electrons. The lowest BCUT2D eigenvalue weighted by Crippen LogP contribution is -2.30. The Hall–Kier alpha value is -4.05. The lowest BCUT2D eigenvalue weighted by molar-refractivity contribution is -0.161. The molecule has 0 aromatic heterocycles. The van der Waals surface area contributed by atoms with Crippen LogP contribution in [0.5, 0.6) is 0 Å². The predicted molar refractivity (Wildman–Crippen MR) is 353 cm³/mol. The standard InChI is InChI=1S/C69H116O16P2/c1-4-7-10-13-16-19-22-24-26-28-29-30-31-32-33-35-37-38-41-43-46-49-52-55-67(72)79-58-64(70)59-81-86(75,76)82-60-65(71)61-83-87(77,78)84-63-66(85-69(74)57-54-51-48-45-40-21-18-15-12-9-6-3)62-80-68(73)56-53-50-47-44-42-39-36-34-27-25-23-20-17-14-11-8-5-2/h8,11,15-20,24-27,29-30,32-33,36,39,44,47,64-66,70-71H,4-7,9-10,12-14,21-23,28,31,34-35,37-38,40-43,45-46,48-63H2,1-3H3,(H,75,76)(H,77,78)/b11-8-,18-15-,19-16-,20-17-,26-24-,27-25-,30-29-,33-32-,39-36-,47-44-. The molecule has 0 saturated carbocycles. The normalized spacial score (nSPS) is 15.1. The molecule has 18 heteroatoms. The summed E-state index contributed by atoms with van der Waals surface area (Å²) in [5.41, 5.74) is 0. The Morgan fingerprint density at radius 3 is 1.06 bits per heavy atom. The molecule has 0 bridgehead atoms. The summed E-state index contributed by atoms with van der Waals surface area (Å²) in [4.78, 5) is 58.2. The summed E-state index contributed by atoms with van der Waals surface area (Å²) >= 11 is 0. The van der Waals surface area contributed by atoms with Crippen molar-refractivity contribution in [1.29, 1.82) is 0 Å². The monoisotopic (exact) mass is 1260 g/mol. The Morgan fingerprint density at radius 1 is 0.333 bits per heavy atom. The Balaban J connectivity index is 4.62. The van der Waals surface area contributed by atoms with Crippen molar-refractivity contribution in [3.05, 3.63) is 122 Å². The van der Waals surface area contributed by atoms with E-state index in [-0.39, 0.29) is 19.3 Å². The fourth-order valence-electron chi connectivity index (χ4n) is 8.10. The molecule has 0 aromatic carbocycles. The maximum atomic E-state index is 12.8. The van der Waals surface area contributed by atoms with Gasteiger partial charge in [-0.3, -0.25) is 32.5 Å². The predicted octanol–water partition coefficient (Wildman–Crippen LogP) is 17.9. The van der Waals surface area contributed by atoms with Crippen LogP contribution >= 0.6 is 15.6 Å². The van der Waals surface area contributed by atoms with Crippen LogP contribution < -0.4 is 0 Å². The molecule has 5 atom stereocenters. The second-order valence-electron chi connectivity index (χ2n) is 21.5. The van der Waals surface area contributed by atoms with E-state index in [0.717, 1.165) is 135 Å². The summed E-state index contributed by atoms with van der Waals surface area (Å²) < 4.78 is 60.6. The summed E-state index contributed by atoms with van der Waals surface area (Å²) in [5.74, 6) is -1.67. The number of unbranched alkanes of at least 4 members (excludes halogenated alkanes) is 18. The quantitative estimate of drug-likeness (QED) is 0.0146. The molecule has 5 unspecified atom stereocenters. The van der Waals surface area contributed by atoms with Crippen LogP contribution in [0.4, 0.5) is 0 Å². The van der Waals surface area contributed by atoms with Gasteiger partial charge in [-0.05, 0) is 122 Å². The molecule has 4 N–H and O–H groups in total. The third-order valence-corrected chi connectivity index (χ3v) is 15.0. The van der Waals surface area contributed by atoms with Crippen LogP contribution in [0.1, 0.15) is 239 Å². The highest BCUT2D eigenvalue weighted by Crippen LogP contribution is 2.45. The van der Waals surface area contributed by atoms with Gasteiger partial charge in [0.15, 0.2) is 6.10 Å². The van der Waals surface area contributed by atoms with Crippen LogP contribution in [-0.2, 0) is 55.8 Å². The summed E-state index contributed by atoms with van der Waals surface area (Å²) in [6.45, 7) is 2.36. The van der Waals surface area contributed by atoms with E-state index >= 15 is 0 Å². The van der Waals surface area contributed by atoms with Crippen LogP contribution in [0.25, 0.3) is 0 Å². The van der Waals surface area contributed by atoms with E-state index in [0.29, 0.717) is 25.7 Å². The maximum Gasteiger partial charge on any atom is 0.472 e. The molecule has 0 fully saturated rings. The number of ether oxygens (including phenoxy) is 3. The number of carbonyl (C=O) groups excluding carboxylic acids is 3. The van der Waals surface area contributed by atoms with Gasteiger partial charge in [-0.25, -0.2) is 9.13 Å². The van der Waals surface area contributed by atoms with Crippen LogP contribution in [0.2, 0.25) is 0 Å². The molecule has 0 aliphatic rings. The SMILES string of the molecule is CC/C=C\C/C=C\C/C=C\C/C=C\C/C=C\CCCC(=O)OCC(COP(=O)(O)OCC(O)COP(=O)(O)OCC(O)COC(=O)CCCCCCCCC/C=C\C/C=C\C/C=C\C/C=C\CCCCC)OC(=O)CCCCCCC/C=C\CCCC. The molecule has 0 aliphatic carbocycles. The van der Waals surface area contributed by atoms with Gasteiger partial charge < -0.3 is 34.2 Å². The van der Waals surface area contributed by atoms with Gasteiger partial charge >= 0.3 is 33.6 Å². The number of esters is 3. The minimum absolute atomic E-state index is 0.0785. The Bertz CT molecular complexity index is 2070. The highest BCUT2D eigenvalue weighted by molar-refractivity contribution is 7.47. The van der Waals surface area contributed by atoms with Crippen LogP contribution in [-0.4, -0.2) is 95.9 Å². The number of phosphoric ester groups is 2. The first-order chi connectivity index (χ1) is 42.2. The van der Waals surface area contributed by atoms with Crippen molar-refractivity contribution in [2.75, 3.05) is 39.6 Å². The Morgan fingerprint density at radius 2 is 0.632 bits per heavy atom. The average molecular weight is 1260 g/mol. The van der Waals surface area contributed by atoms with E-state index in [1.807, 2.05) is 12.2 Å². The zero-order valence-electron chi connectivity index (χ0n) is 53.6. The van der Waals surface area contributed by atoms with Crippen LogP contribution in [0, 0.1) is 0 Å². The molecule has 16 nitrogen and oxygen atoms in total. The molecule has 0 heterocycles. The number of carbonyl (C=O) groups is 3. The molecule has 0 rings (SSSR count). The van der Waals surface area contributed by atoms with Gasteiger partial charge in [0, 0.05) is 19.3 Å². The number of aliphatic hydroxyl groups is 2. The third-order valence-electron chi connectivity index (χ3n) is 13.1. The molecule has 498 valence electrons. The largest absolute Gasteiger partial charge is 0.472 e. The zero-order chi connectivity index (χ0) is 63.8. The fourth-order valence-corrected chi connectivity index (χ4v) is 9.68. The molecule has 0 spiro atoms. The molecule has 87 heavy (non-hydrogen) atoms. The molecule has 0 amide bonds. The highest BCUT2D eigenvalue weighted by Gasteiger charge is 2.29. The van der Waals surface area contributed by atoms with Crippen LogP contribution in [0.3, 0.4) is 0 Å². The van der Waals surface area contributed by atoms with Crippen molar-refractivity contribution in [3.8, 4) is 0 Å². The van der Waals surface area contributed by atoms with E-state index in [1.54, 1.807) is 0 Å². The van der Waals surface area contributed by atoms with Crippen molar-refractivity contribution >= 4 is 33.6 Å². The van der Waals surface area contributed by atoms with E-state index in [1.165, 1.54) is 38.5 Å². The molecular weight excluding hydrogens is 1150 g/mol. The van der Waals surface area contributed by atoms with Crippen molar-refractivity contribution in [1.82, 2.24) is 0 Å². The van der Waals surface area contributed by atoms with Gasteiger partial charge in [0.1, 0.15) is 25.4 Å². The second-order valence-corrected chi connectivity index (χ2v) is 24.4. The maximum absolute atomic E-state index is 12.8. The zero-order valence-corrected chi connectivity index (χ0v) is 55.4. The van der Waals surface area contributed by atoms with Crippen LogP contribution in [0.15, 0.2) is 122 Å². The van der Waals surface area contributed by atoms with Gasteiger partial charge in [0.05, 0.1) is 26.4 Å². The Kier molecular flexibility index (Phi) is 59.3. The van der Waals surface area contributed by atoms with Gasteiger partial charge in [-0.15, -0.1) is 0 Å². The van der Waals surface area contributed by atoms with Gasteiger partial charge in [0.25, 0.3) is 0 Å². The summed E-state index contributed by atoms with van der Waals surface area (Å²) in [6, 6.07) is 0. The minimum Gasteiger partial charge on any atom is -0.463 e. The van der Waals surface area contributed by atoms with E-state index in [9.17, 15) is 43.5 Å². The van der Waals surface area contributed by atoms with E-state index in [4.69, 9.17) is 32.3 Å². The minimum atomic E-state index is -4.94. The Labute approximate surface area is 525 Å².